The van der Waals surface area contributed by atoms with Crippen LogP contribution in [-0.2, 0) is 18.9 Å². The first-order chi connectivity index (χ1) is 14.4. The molecule has 3 fully saturated rings. The third kappa shape index (κ3) is 15.0. The summed E-state index contributed by atoms with van der Waals surface area (Å²) in [5.41, 5.74) is 0. The van der Waals surface area contributed by atoms with Gasteiger partial charge in [0.25, 0.3) is 0 Å². The fourth-order valence-corrected chi connectivity index (χ4v) is 5.29. The van der Waals surface area contributed by atoms with E-state index in [1.54, 1.807) is 0 Å². The second-order valence-corrected chi connectivity index (χ2v) is 9.87. The highest BCUT2D eigenvalue weighted by Crippen LogP contribution is 2.11. The van der Waals surface area contributed by atoms with Crippen LogP contribution in [0.5, 0.6) is 0 Å². The monoisotopic (exact) mass is 450 g/mol. The van der Waals surface area contributed by atoms with Gasteiger partial charge >= 0.3 is 0 Å². The lowest BCUT2D eigenvalue weighted by Crippen LogP contribution is -2.34. The molecule has 0 aromatic carbocycles. The number of hydrogen-bond acceptors (Lipinski definition) is 8. The van der Waals surface area contributed by atoms with Crippen LogP contribution in [0, 0.1) is 0 Å². The van der Waals surface area contributed by atoms with Gasteiger partial charge in [0.05, 0.1) is 52.9 Å². The van der Waals surface area contributed by atoms with Crippen LogP contribution in [-0.4, -0.2) is 125 Å². The summed E-state index contributed by atoms with van der Waals surface area (Å²) in [6.07, 6.45) is 3.80. The van der Waals surface area contributed by atoms with Gasteiger partial charge in [-0.05, 0) is 55.4 Å². The molecule has 3 saturated heterocycles. The van der Waals surface area contributed by atoms with Crippen molar-refractivity contribution in [2.75, 3.05) is 115 Å². The van der Waals surface area contributed by atoms with E-state index in [1.807, 2.05) is 0 Å². The van der Waals surface area contributed by atoms with E-state index < -0.39 is 0 Å². The summed E-state index contributed by atoms with van der Waals surface area (Å²) in [5.74, 6) is 5.08. The molecule has 3 aliphatic heterocycles. The molecular formula is C21H42N2O4S2. The number of ether oxygens (including phenoxy) is 4. The maximum absolute atomic E-state index is 5.81. The summed E-state index contributed by atoms with van der Waals surface area (Å²) in [6, 6.07) is 0. The maximum Gasteiger partial charge on any atom is 0.0701 e. The third-order valence-corrected chi connectivity index (χ3v) is 7.36. The van der Waals surface area contributed by atoms with Crippen LogP contribution in [0.1, 0.15) is 19.3 Å². The molecular weight excluding hydrogens is 408 g/mol. The van der Waals surface area contributed by atoms with Gasteiger partial charge in [0.2, 0.25) is 0 Å². The van der Waals surface area contributed by atoms with Crippen molar-refractivity contribution in [2.45, 2.75) is 19.3 Å². The molecule has 8 heteroatoms. The number of nitrogens with zero attached hydrogens (tertiary/aromatic N) is 2. The van der Waals surface area contributed by atoms with Gasteiger partial charge in [-0.1, -0.05) is 0 Å². The second-order valence-electron chi connectivity index (χ2n) is 7.42. The summed E-state index contributed by atoms with van der Waals surface area (Å²) in [4.78, 5) is 4.95. The van der Waals surface area contributed by atoms with Crippen LogP contribution in [0.2, 0.25) is 0 Å². The largest absolute Gasteiger partial charge is 0.378 e. The zero-order chi connectivity index (χ0) is 20.2. The molecule has 0 radical (unpaired) electrons. The van der Waals surface area contributed by atoms with Gasteiger partial charge in [0.1, 0.15) is 0 Å². The first-order valence-corrected chi connectivity index (χ1v) is 13.7. The summed E-state index contributed by atoms with van der Waals surface area (Å²) in [7, 11) is 0. The van der Waals surface area contributed by atoms with Crippen LogP contribution >= 0.6 is 23.5 Å². The molecule has 0 unspecified atom stereocenters. The first kappa shape index (κ1) is 25.7. The lowest BCUT2D eigenvalue weighted by Gasteiger charge is -2.23. The lowest BCUT2D eigenvalue weighted by molar-refractivity contribution is 0.00820. The molecule has 3 aliphatic rings. The van der Waals surface area contributed by atoms with Crippen molar-refractivity contribution >= 4 is 23.5 Å². The van der Waals surface area contributed by atoms with E-state index >= 15 is 0 Å². The fourth-order valence-electron chi connectivity index (χ4n) is 3.34. The van der Waals surface area contributed by atoms with E-state index in [1.165, 1.54) is 42.3 Å². The predicted molar refractivity (Wildman–Crippen MR) is 125 cm³/mol. The Morgan fingerprint density at radius 2 is 0.724 bits per heavy atom. The zero-order valence-corrected chi connectivity index (χ0v) is 19.8. The van der Waals surface area contributed by atoms with Crippen LogP contribution < -0.4 is 0 Å². The van der Waals surface area contributed by atoms with Gasteiger partial charge in [0, 0.05) is 26.2 Å². The standard InChI is InChI=1S/C21H42N2O4S2/c1-4-22-6-10-24-14-16-26-12-8-23(9-13-27-17-15-25-11-7-22)5-2-19-29-21-3-20-28-18-1/h1-21H2. The minimum atomic E-state index is 0.680. The summed E-state index contributed by atoms with van der Waals surface area (Å²) >= 11 is 4.22. The molecule has 2 bridgehead atoms. The molecule has 0 N–H and O–H groups in total. The van der Waals surface area contributed by atoms with E-state index in [4.69, 9.17) is 18.9 Å². The van der Waals surface area contributed by atoms with Gasteiger partial charge in [-0.25, -0.2) is 0 Å². The van der Waals surface area contributed by atoms with Crippen molar-refractivity contribution in [3.63, 3.8) is 0 Å². The lowest BCUT2D eigenvalue weighted by atomic mass is 10.4. The van der Waals surface area contributed by atoms with Crippen molar-refractivity contribution in [1.82, 2.24) is 9.80 Å². The molecule has 0 atom stereocenters. The molecule has 3 heterocycles. The molecule has 6 nitrogen and oxygen atoms in total. The number of thioether (sulfide) groups is 2. The van der Waals surface area contributed by atoms with Crippen molar-refractivity contribution in [3.05, 3.63) is 0 Å². The van der Waals surface area contributed by atoms with E-state index in [0.717, 1.165) is 65.7 Å². The molecule has 0 aliphatic carbocycles. The molecule has 0 aromatic rings. The Morgan fingerprint density at radius 3 is 1.10 bits per heavy atom. The van der Waals surface area contributed by atoms with Gasteiger partial charge in [-0.2, -0.15) is 23.5 Å². The molecule has 29 heavy (non-hydrogen) atoms. The van der Waals surface area contributed by atoms with Crippen LogP contribution in [0.4, 0.5) is 0 Å². The Kier molecular flexibility index (Phi) is 17.0. The first-order valence-electron chi connectivity index (χ1n) is 11.4. The Bertz CT molecular complexity index is 312. The summed E-state index contributed by atoms with van der Waals surface area (Å²) < 4.78 is 23.2. The van der Waals surface area contributed by atoms with E-state index in [2.05, 4.69) is 33.3 Å². The number of rotatable bonds is 0. The van der Waals surface area contributed by atoms with E-state index in [0.29, 0.717) is 26.4 Å². The molecule has 0 spiro atoms. The fraction of sp³-hybridized carbons (Fsp3) is 1.00. The Balaban J connectivity index is 1.86. The summed E-state index contributed by atoms with van der Waals surface area (Å²) in [6.45, 7) is 11.9. The van der Waals surface area contributed by atoms with E-state index in [-0.39, 0.29) is 0 Å². The Hall–Kier alpha value is 0.460. The summed E-state index contributed by atoms with van der Waals surface area (Å²) in [5, 5.41) is 0. The second kappa shape index (κ2) is 19.2. The molecule has 0 saturated carbocycles. The van der Waals surface area contributed by atoms with Crippen molar-refractivity contribution in [2.24, 2.45) is 0 Å². The minimum absolute atomic E-state index is 0.680. The predicted octanol–water partition coefficient (Wildman–Crippen LogP) is 2.32. The third-order valence-electron chi connectivity index (χ3n) is 5.05. The number of hydrogen-bond donors (Lipinski definition) is 0. The molecule has 0 amide bonds. The average Bonchev–Trinajstić information content (AvgIpc) is 2.73. The smallest absolute Gasteiger partial charge is 0.0701 e. The van der Waals surface area contributed by atoms with Crippen LogP contribution in [0.25, 0.3) is 0 Å². The molecule has 0 aromatic heterocycles. The molecule has 3 rings (SSSR count). The molecule has 172 valence electrons. The van der Waals surface area contributed by atoms with Gasteiger partial charge in [0.15, 0.2) is 0 Å². The van der Waals surface area contributed by atoms with Gasteiger partial charge in [-0.3, -0.25) is 9.80 Å². The Morgan fingerprint density at radius 1 is 0.379 bits per heavy atom. The van der Waals surface area contributed by atoms with E-state index in [9.17, 15) is 0 Å². The normalized spacial score (nSPS) is 29.8. The highest BCUT2D eigenvalue weighted by Gasteiger charge is 2.08. The SMILES string of the molecule is C1CSCCCN2CCOCCOCCN(CCCSC1)CCOCCOCC2. The topological polar surface area (TPSA) is 43.4 Å². The minimum Gasteiger partial charge on any atom is -0.378 e. The van der Waals surface area contributed by atoms with Crippen LogP contribution in [0.3, 0.4) is 0 Å². The number of fused-ring (bicyclic) bond motifs is 24. The highest BCUT2D eigenvalue weighted by atomic mass is 32.2. The average molecular weight is 451 g/mol. The maximum atomic E-state index is 5.81. The Labute approximate surface area is 186 Å². The van der Waals surface area contributed by atoms with Crippen molar-refractivity contribution < 1.29 is 18.9 Å². The van der Waals surface area contributed by atoms with Gasteiger partial charge < -0.3 is 18.9 Å². The van der Waals surface area contributed by atoms with Crippen LogP contribution in [0.15, 0.2) is 0 Å². The van der Waals surface area contributed by atoms with Gasteiger partial charge in [-0.15, -0.1) is 0 Å². The zero-order valence-electron chi connectivity index (χ0n) is 18.2. The highest BCUT2D eigenvalue weighted by molar-refractivity contribution is 8.00. The van der Waals surface area contributed by atoms with Crippen molar-refractivity contribution in [3.8, 4) is 0 Å². The quantitative estimate of drug-likeness (QED) is 0.557. The van der Waals surface area contributed by atoms with Crippen molar-refractivity contribution in [1.29, 1.82) is 0 Å².